The molecule has 1 heterocycles. The van der Waals surface area contributed by atoms with Gasteiger partial charge in [0.1, 0.15) is 6.04 Å². The number of rotatable bonds is 5. The van der Waals surface area contributed by atoms with Gasteiger partial charge in [0.05, 0.1) is 5.69 Å². The minimum Gasteiger partial charge on any atom is -0.480 e. The monoisotopic (exact) mass is 257 g/mol. The first-order valence-electron chi connectivity index (χ1n) is 5.25. The highest BCUT2D eigenvalue weighted by atomic mass is 32.1. The SMILES string of the molecule is CCC[C@H](NC(=O)Nc1nc(C)cs1)C(=O)O. The maximum Gasteiger partial charge on any atom is 0.326 e. The number of aliphatic carboxylic acids is 1. The van der Waals surface area contributed by atoms with Crippen LogP contribution < -0.4 is 10.6 Å². The number of urea groups is 1. The van der Waals surface area contributed by atoms with E-state index >= 15 is 0 Å². The van der Waals surface area contributed by atoms with Crippen molar-refractivity contribution in [2.24, 2.45) is 0 Å². The Morgan fingerprint density at radius 2 is 2.29 bits per heavy atom. The summed E-state index contributed by atoms with van der Waals surface area (Å²) in [5.41, 5.74) is 0.814. The standard InChI is InChI=1S/C10H15N3O3S/c1-3-4-7(8(14)15)12-9(16)13-10-11-6(2)5-17-10/h5,7H,3-4H2,1-2H3,(H,14,15)(H2,11,12,13,16)/t7-/m0/s1. The lowest BCUT2D eigenvalue weighted by molar-refractivity contribution is -0.139. The molecule has 0 radical (unpaired) electrons. The Morgan fingerprint density at radius 1 is 1.59 bits per heavy atom. The lowest BCUT2D eigenvalue weighted by Crippen LogP contribution is -2.42. The van der Waals surface area contributed by atoms with Gasteiger partial charge >= 0.3 is 12.0 Å². The van der Waals surface area contributed by atoms with E-state index in [1.165, 1.54) is 11.3 Å². The second-order valence-electron chi connectivity index (χ2n) is 3.57. The molecule has 0 bridgehead atoms. The fourth-order valence-electron chi connectivity index (χ4n) is 1.25. The second-order valence-corrected chi connectivity index (χ2v) is 4.43. The first kappa shape index (κ1) is 13.4. The molecule has 3 N–H and O–H groups in total. The Labute approximate surface area is 103 Å². The third kappa shape index (κ3) is 4.39. The van der Waals surface area contributed by atoms with E-state index in [0.29, 0.717) is 18.0 Å². The van der Waals surface area contributed by atoms with Crippen molar-refractivity contribution >= 4 is 28.5 Å². The normalized spacial score (nSPS) is 11.9. The van der Waals surface area contributed by atoms with E-state index < -0.39 is 18.0 Å². The van der Waals surface area contributed by atoms with Crippen molar-refractivity contribution in [3.05, 3.63) is 11.1 Å². The first-order chi connectivity index (χ1) is 8.02. The van der Waals surface area contributed by atoms with Crippen molar-refractivity contribution in [1.82, 2.24) is 10.3 Å². The molecule has 0 unspecified atom stereocenters. The predicted octanol–water partition coefficient (Wildman–Crippen LogP) is 1.83. The van der Waals surface area contributed by atoms with Gasteiger partial charge in [-0.05, 0) is 13.3 Å². The maximum atomic E-state index is 11.5. The summed E-state index contributed by atoms with van der Waals surface area (Å²) in [6.07, 6.45) is 1.09. The van der Waals surface area contributed by atoms with E-state index in [0.717, 1.165) is 5.69 Å². The quantitative estimate of drug-likeness (QED) is 0.750. The molecule has 0 aliphatic rings. The maximum absolute atomic E-state index is 11.5. The molecular formula is C10H15N3O3S. The zero-order valence-electron chi connectivity index (χ0n) is 9.69. The number of amides is 2. The van der Waals surface area contributed by atoms with Gasteiger partial charge < -0.3 is 10.4 Å². The number of aryl methyl sites for hydroxylation is 1. The summed E-state index contributed by atoms with van der Waals surface area (Å²) in [5.74, 6) is -1.03. The van der Waals surface area contributed by atoms with Crippen LogP contribution in [0.5, 0.6) is 0 Å². The molecule has 0 aliphatic heterocycles. The molecule has 0 aliphatic carbocycles. The molecule has 6 nitrogen and oxygen atoms in total. The summed E-state index contributed by atoms with van der Waals surface area (Å²) in [4.78, 5) is 26.4. The number of hydrogen-bond donors (Lipinski definition) is 3. The van der Waals surface area contributed by atoms with E-state index in [4.69, 9.17) is 5.11 Å². The minimum absolute atomic E-state index is 0.402. The largest absolute Gasteiger partial charge is 0.480 e. The van der Waals surface area contributed by atoms with Gasteiger partial charge in [0.15, 0.2) is 5.13 Å². The number of carbonyl (C=O) groups excluding carboxylic acids is 1. The van der Waals surface area contributed by atoms with Gasteiger partial charge in [-0.15, -0.1) is 11.3 Å². The number of nitrogens with zero attached hydrogens (tertiary/aromatic N) is 1. The molecule has 17 heavy (non-hydrogen) atoms. The Bertz CT molecular complexity index is 405. The molecule has 2 amide bonds. The Morgan fingerprint density at radius 3 is 2.76 bits per heavy atom. The summed E-state index contributed by atoms with van der Waals surface area (Å²) in [7, 11) is 0. The lowest BCUT2D eigenvalue weighted by atomic mass is 10.2. The zero-order chi connectivity index (χ0) is 12.8. The molecule has 0 saturated heterocycles. The van der Waals surface area contributed by atoms with Crippen molar-refractivity contribution in [3.63, 3.8) is 0 Å². The van der Waals surface area contributed by atoms with Gasteiger partial charge in [-0.2, -0.15) is 0 Å². The molecule has 1 aromatic rings. The predicted molar refractivity (Wildman–Crippen MR) is 65.3 cm³/mol. The van der Waals surface area contributed by atoms with Crippen LogP contribution in [0, 0.1) is 6.92 Å². The lowest BCUT2D eigenvalue weighted by Gasteiger charge is -2.13. The fourth-order valence-corrected chi connectivity index (χ4v) is 1.93. The van der Waals surface area contributed by atoms with Crippen LogP contribution in [0.25, 0.3) is 0 Å². The van der Waals surface area contributed by atoms with Gasteiger partial charge in [0.25, 0.3) is 0 Å². The summed E-state index contributed by atoms with van der Waals surface area (Å²) >= 11 is 1.30. The molecule has 1 aromatic heterocycles. The van der Waals surface area contributed by atoms with E-state index in [2.05, 4.69) is 15.6 Å². The van der Waals surface area contributed by atoms with Crippen LogP contribution in [0.2, 0.25) is 0 Å². The van der Waals surface area contributed by atoms with Crippen LogP contribution in [-0.4, -0.2) is 28.1 Å². The third-order valence-corrected chi connectivity index (χ3v) is 2.90. The van der Waals surface area contributed by atoms with Gasteiger partial charge in [-0.25, -0.2) is 14.6 Å². The molecule has 0 saturated carbocycles. The minimum atomic E-state index is -1.03. The van der Waals surface area contributed by atoms with Crippen molar-refractivity contribution in [2.45, 2.75) is 32.7 Å². The Kier molecular flexibility index (Phi) is 4.89. The number of nitrogens with one attached hydrogen (secondary N) is 2. The smallest absolute Gasteiger partial charge is 0.326 e. The molecule has 1 atom stereocenters. The summed E-state index contributed by atoms with van der Waals surface area (Å²) < 4.78 is 0. The number of aromatic nitrogens is 1. The summed E-state index contributed by atoms with van der Waals surface area (Å²) in [6.45, 7) is 3.68. The zero-order valence-corrected chi connectivity index (χ0v) is 10.5. The Balaban J connectivity index is 2.50. The average Bonchev–Trinajstić information content (AvgIpc) is 2.63. The van der Waals surface area contributed by atoms with Crippen molar-refractivity contribution in [2.75, 3.05) is 5.32 Å². The molecule has 7 heteroatoms. The number of carbonyl (C=O) groups is 2. The topological polar surface area (TPSA) is 91.3 Å². The van der Waals surface area contributed by atoms with E-state index in [1.54, 1.807) is 5.38 Å². The molecule has 0 fully saturated rings. The van der Waals surface area contributed by atoms with Crippen LogP contribution >= 0.6 is 11.3 Å². The van der Waals surface area contributed by atoms with Gasteiger partial charge in [-0.3, -0.25) is 5.32 Å². The first-order valence-corrected chi connectivity index (χ1v) is 6.13. The third-order valence-electron chi connectivity index (χ3n) is 2.02. The highest BCUT2D eigenvalue weighted by Crippen LogP contribution is 2.14. The number of carboxylic acid groups (broad SMARTS) is 1. The van der Waals surface area contributed by atoms with Crippen molar-refractivity contribution in [1.29, 1.82) is 0 Å². The highest BCUT2D eigenvalue weighted by Gasteiger charge is 2.18. The van der Waals surface area contributed by atoms with Gasteiger partial charge in [0.2, 0.25) is 0 Å². The summed E-state index contributed by atoms with van der Waals surface area (Å²) in [5, 5.41) is 16.0. The van der Waals surface area contributed by atoms with E-state index in [-0.39, 0.29) is 0 Å². The summed E-state index contributed by atoms with van der Waals surface area (Å²) in [6, 6.07) is -1.40. The van der Waals surface area contributed by atoms with Gasteiger partial charge in [-0.1, -0.05) is 13.3 Å². The van der Waals surface area contributed by atoms with Crippen LogP contribution in [0.3, 0.4) is 0 Å². The van der Waals surface area contributed by atoms with Crippen LogP contribution in [0.4, 0.5) is 9.93 Å². The van der Waals surface area contributed by atoms with Gasteiger partial charge in [0, 0.05) is 5.38 Å². The molecule has 0 spiro atoms. The number of carboxylic acids is 1. The van der Waals surface area contributed by atoms with Crippen LogP contribution in [-0.2, 0) is 4.79 Å². The van der Waals surface area contributed by atoms with Crippen molar-refractivity contribution in [3.8, 4) is 0 Å². The fraction of sp³-hybridized carbons (Fsp3) is 0.500. The average molecular weight is 257 g/mol. The van der Waals surface area contributed by atoms with Crippen LogP contribution in [0.15, 0.2) is 5.38 Å². The van der Waals surface area contributed by atoms with Crippen molar-refractivity contribution < 1.29 is 14.7 Å². The molecule has 1 rings (SSSR count). The number of anilines is 1. The van der Waals surface area contributed by atoms with E-state index in [1.807, 2.05) is 13.8 Å². The van der Waals surface area contributed by atoms with E-state index in [9.17, 15) is 9.59 Å². The second kappa shape index (κ2) is 6.19. The molecular weight excluding hydrogens is 242 g/mol. The molecule has 0 aromatic carbocycles. The highest BCUT2D eigenvalue weighted by molar-refractivity contribution is 7.13. The Hall–Kier alpha value is -1.63. The number of hydrogen-bond acceptors (Lipinski definition) is 4. The molecule has 94 valence electrons. The van der Waals surface area contributed by atoms with Crippen LogP contribution in [0.1, 0.15) is 25.5 Å². The number of thiazole rings is 1.